The molecule has 2 aromatic carbocycles. The lowest BCUT2D eigenvalue weighted by molar-refractivity contribution is -0.118. The van der Waals surface area contributed by atoms with Gasteiger partial charge in [-0.3, -0.25) is 4.79 Å². The Balaban J connectivity index is 1.57. The normalized spacial score (nSPS) is 14.9. The second kappa shape index (κ2) is 9.08. The van der Waals surface area contributed by atoms with Crippen LogP contribution in [0, 0.1) is 0 Å². The Morgan fingerprint density at radius 2 is 1.82 bits per heavy atom. The van der Waals surface area contributed by atoms with Gasteiger partial charge in [0.1, 0.15) is 28.8 Å². The number of hydrogen-bond acceptors (Lipinski definition) is 6. The number of carbonyl (C=O) groups excluding carboxylic acids is 1. The molecule has 3 heterocycles. The highest BCUT2D eigenvalue weighted by molar-refractivity contribution is 6.35. The predicted molar refractivity (Wildman–Crippen MR) is 135 cm³/mol. The van der Waals surface area contributed by atoms with Crippen molar-refractivity contribution >= 4 is 51.5 Å². The van der Waals surface area contributed by atoms with Crippen LogP contribution in [0.5, 0.6) is 5.75 Å². The van der Waals surface area contributed by atoms with Crippen LogP contribution in [0.1, 0.15) is 17.9 Å². The highest BCUT2D eigenvalue weighted by Crippen LogP contribution is 2.38. The number of anilines is 2. The maximum Gasteiger partial charge on any atom is 0.232 e. The zero-order valence-corrected chi connectivity index (χ0v) is 20.1. The van der Waals surface area contributed by atoms with E-state index in [1.54, 1.807) is 24.4 Å². The van der Waals surface area contributed by atoms with Crippen LogP contribution in [0.2, 0.25) is 10.0 Å². The Bertz CT molecular complexity index is 1390. The third-order valence-corrected chi connectivity index (χ3v) is 6.18. The molecule has 5 rings (SSSR count). The molecule has 0 bridgehead atoms. The van der Waals surface area contributed by atoms with E-state index >= 15 is 0 Å². The average Bonchev–Trinajstić information content (AvgIpc) is 2.82. The SMILES string of the molecule is CN(C)c1c(NC(=O)[C@@H]2CCOc3ccccc32)cnc2c(-c3cc(Cl)cc(Cl)c3)ncnc12. The summed E-state index contributed by atoms with van der Waals surface area (Å²) in [6, 6.07) is 12.9. The average molecular weight is 494 g/mol. The molecule has 2 aromatic heterocycles. The van der Waals surface area contributed by atoms with Crippen molar-refractivity contribution in [1.82, 2.24) is 15.0 Å². The molecule has 0 aliphatic carbocycles. The van der Waals surface area contributed by atoms with Crippen LogP contribution >= 0.6 is 23.2 Å². The summed E-state index contributed by atoms with van der Waals surface area (Å²) in [4.78, 5) is 28.8. The fourth-order valence-corrected chi connectivity index (χ4v) is 4.80. The molecule has 1 N–H and O–H groups in total. The lowest BCUT2D eigenvalue weighted by atomic mass is 9.92. The van der Waals surface area contributed by atoms with E-state index in [0.29, 0.717) is 45.5 Å². The molecule has 9 heteroatoms. The predicted octanol–water partition coefficient (Wildman–Crippen LogP) is 5.57. The molecule has 0 saturated heterocycles. The minimum Gasteiger partial charge on any atom is -0.493 e. The third-order valence-electron chi connectivity index (χ3n) is 5.74. The van der Waals surface area contributed by atoms with Crippen molar-refractivity contribution < 1.29 is 9.53 Å². The molecule has 1 atom stereocenters. The van der Waals surface area contributed by atoms with Crippen LogP contribution < -0.4 is 15.0 Å². The van der Waals surface area contributed by atoms with E-state index < -0.39 is 0 Å². The van der Waals surface area contributed by atoms with Crippen molar-refractivity contribution in [2.45, 2.75) is 12.3 Å². The first kappa shape index (κ1) is 22.4. The number of nitrogens with zero attached hydrogens (tertiary/aromatic N) is 4. The molecule has 0 unspecified atom stereocenters. The molecular formula is C25H21Cl2N5O2. The highest BCUT2D eigenvalue weighted by Gasteiger charge is 2.28. The fourth-order valence-electron chi connectivity index (χ4n) is 4.27. The topological polar surface area (TPSA) is 80.2 Å². The fraction of sp³-hybridized carbons (Fsp3) is 0.200. The number of para-hydroxylation sites is 1. The molecule has 172 valence electrons. The quantitative estimate of drug-likeness (QED) is 0.400. The van der Waals surface area contributed by atoms with Crippen LogP contribution in [0.3, 0.4) is 0 Å². The highest BCUT2D eigenvalue weighted by atomic mass is 35.5. The van der Waals surface area contributed by atoms with Gasteiger partial charge in [0.2, 0.25) is 5.91 Å². The number of benzene rings is 2. The van der Waals surface area contributed by atoms with Crippen molar-refractivity contribution in [3.8, 4) is 17.0 Å². The maximum absolute atomic E-state index is 13.3. The van der Waals surface area contributed by atoms with Gasteiger partial charge in [-0.2, -0.15) is 0 Å². The zero-order chi connectivity index (χ0) is 23.8. The molecule has 1 amide bonds. The minimum absolute atomic E-state index is 0.115. The molecule has 0 saturated carbocycles. The summed E-state index contributed by atoms with van der Waals surface area (Å²) < 4.78 is 5.71. The van der Waals surface area contributed by atoms with Crippen LogP contribution in [0.25, 0.3) is 22.3 Å². The summed E-state index contributed by atoms with van der Waals surface area (Å²) in [5.41, 5.74) is 4.71. The van der Waals surface area contributed by atoms with Gasteiger partial charge >= 0.3 is 0 Å². The summed E-state index contributed by atoms with van der Waals surface area (Å²) in [5.74, 6) is 0.317. The number of ether oxygens (including phenoxy) is 1. The largest absolute Gasteiger partial charge is 0.493 e. The summed E-state index contributed by atoms with van der Waals surface area (Å²) in [5, 5.41) is 4.08. The van der Waals surface area contributed by atoms with Gasteiger partial charge in [-0.15, -0.1) is 0 Å². The standard InChI is InChI=1S/C25H21Cl2N5O2/c1-32(2)24-19(31-25(33)18-7-8-34-20-6-4-3-5-17(18)20)12-28-22-21(29-13-30-23(22)24)14-9-15(26)11-16(27)10-14/h3-6,9-13,18H,7-8H2,1-2H3,(H,31,33)/t18-/m1/s1. The number of amides is 1. The zero-order valence-electron chi connectivity index (χ0n) is 18.5. The van der Waals surface area contributed by atoms with Crippen molar-refractivity contribution in [2.24, 2.45) is 0 Å². The molecule has 1 aliphatic rings. The number of fused-ring (bicyclic) bond motifs is 2. The molecule has 0 radical (unpaired) electrons. The Hall–Kier alpha value is -3.42. The van der Waals surface area contributed by atoms with Gasteiger partial charge in [-0.05, 0) is 30.7 Å². The number of pyridine rings is 1. The van der Waals surface area contributed by atoms with Crippen LogP contribution in [-0.2, 0) is 4.79 Å². The Morgan fingerprint density at radius 3 is 2.59 bits per heavy atom. The second-order valence-corrected chi connectivity index (χ2v) is 9.08. The van der Waals surface area contributed by atoms with E-state index in [9.17, 15) is 4.79 Å². The summed E-state index contributed by atoms with van der Waals surface area (Å²) in [6.45, 7) is 0.490. The smallest absolute Gasteiger partial charge is 0.232 e. The van der Waals surface area contributed by atoms with Crippen LogP contribution in [-0.4, -0.2) is 41.6 Å². The van der Waals surface area contributed by atoms with E-state index in [0.717, 1.165) is 22.6 Å². The first-order valence-electron chi connectivity index (χ1n) is 10.7. The first-order valence-corrected chi connectivity index (χ1v) is 11.5. The van der Waals surface area contributed by atoms with Crippen LogP contribution in [0.15, 0.2) is 55.0 Å². The van der Waals surface area contributed by atoms with Gasteiger partial charge in [-0.1, -0.05) is 41.4 Å². The van der Waals surface area contributed by atoms with E-state index in [1.807, 2.05) is 43.3 Å². The van der Waals surface area contributed by atoms with Crippen molar-refractivity contribution in [3.63, 3.8) is 0 Å². The summed E-state index contributed by atoms with van der Waals surface area (Å²) in [6.07, 6.45) is 3.71. The van der Waals surface area contributed by atoms with Gasteiger partial charge in [0.15, 0.2) is 0 Å². The molecule has 0 spiro atoms. The van der Waals surface area contributed by atoms with Gasteiger partial charge in [-0.25, -0.2) is 15.0 Å². The van der Waals surface area contributed by atoms with E-state index in [-0.39, 0.29) is 11.8 Å². The van der Waals surface area contributed by atoms with Crippen molar-refractivity contribution in [1.29, 1.82) is 0 Å². The Morgan fingerprint density at radius 1 is 1.06 bits per heavy atom. The number of hydrogen-bond donors (Lipinski definition) is 1. The van der Waals surface area contributed by atoms with Gasteiger partial charge in [0, 0.05) is 35.3 Å². The molecular weight excluding hydrogens is 473 g/mol. The van der Waals surface area contributed by atoms with E-state index in [1.165, 1.54) is 6.33 Å². The van der Waals surface area contributed by atoms with E-state index in [4.69, 9.17) is 27.9 Å². The van der Waals surface area contributed by atoms with Crippen molar-refractivity contribution in [2.75, 3.05) is 30.9 Å². The van der Waals surface area contributed by atoms with E-state index in [2.05, 4.69) is 20.3 Å². The maximum atomic E-state index is 13.3. The molecule has 1 aliphatic heterocycles. The lowest BCUT2D eigenvalue weighted by Crippen LogP contribution is -2.27. The Labute approximate surface area is 206 Å². The summed E-state index contributed by atoms with van der Waals surface area (Å²) in [7, 11) is 3.79. The third kappa shape index (κ3) is 4.13. The van der Waals surface area contributed by atoms with Gasteiger partial charge in [0.05, 0.1) is 30.1 Å². The molecule has 4 aromatic rings. The van der Waals surface area contributed by atoms with Gasteiger partial charge < -0.3 is 15.0 Å². The Kier molecular flexibility index (Phi) is 5.98. The number of nitrogens with one attached hydrogen (secondary N) is 1. The number of aromatic nitrogens is 3. The summed E-state index contributed by atoms with van der Waals surface area (Å²) >= 11 is 12.4. The lowest BCUT2D eigenvalue weighted by Gasteiger charge is -2.26. The number of halogens is 2. The number of rotatable bonds is 4. The molecule has 34 heavy (non-hydrogen) atoms. The minimum atomic E-state index is -0.315. The molecule has 7 nitrogen and oxygen atoms in total. The van der Waals surface area contributed by atoms with Gasteiger partial charge in [0.25, 0.3) is 0 Å². The van der Waals surface area contributed by atoms with Crippen LogP contribution in [0.4, 0.5) is 11.4 Å². The second-order valence-electron chi connectivity index (χ2n) is 8.21. The number of carbonyl (C=O) groups is 1. The van der Waals surface area contributed by atoms with Crippen molar-refractivity contribution in [3.05, 3.63) is 70.6 Å². The monoisotopic (exact) mass is 493 g/mol. The molecule has 0 fully saturated rings. The first-order chi connectivity index (χ1) is 16.4.